The first-order valence-electron chi connectivity index (χ1n) is 7.22. The van der Waals surface area contributed by atoms with Crippen molar-refractivity contribution in [2.24, 2.45) is 0 Å². The largest absolute Gasteiger partial charge is 0.256 e. The van der Waals surface area contributed by atoms with Gasteiger partial charge in [0.05, 0.1) is 11.2 Å². The number of nitrogens with zero attached hydrogens (tertiary/aromatic N) is 3. The van der Waals surface area contributed by atoms with Crippen LogP contribution >= 0.6 is 0 Å². The zero-order valence-electron chi connectivity index (χ0n) is 12.1. The first kappa shape index (κ1) is 13.5. The number of hydrogen-bond donors (Lipinski definition) is 0. The number of benzene rings is 2. The van der Waals surface area contributed by atoms with E-state index in [1.54, 1.807) is 18.5 Å². The maximum absolute atomic E-state index is 13.6. The van der Waals surface area contributed by atoms with Gasteiger partial charge in [0, 0.05) is 28.9 Å². The van der Waals surface area contributed by atoms with Gasteiger partial charge in [-0.15, -0.1) is 0 Å². The molecule has 0 aliphatic carbocycles. The summed E-state index contributed by atoms with van der Waals surface area (Å²) < 4.78 is 13.6. The molecule has 0 radical (unpaired) electrons. The molecule has 0 aliphatic rings. The number of pyridine rings is 1. The average molecular weight is 301 g/mol. The van der Waals surface area contributed by atoms with Gasteiger partial charge in [-0.1, -0.05) is 24.3 Å². The molecule has 2 heterocycles. The number of fused-ring (bicyclic) bond motifs is 1. The van der Waals surface area contributed by atoms with E-state index in [0.29, 0.717) is 0 Å². The summed E-state index contributed by atoms with van der Waals surface area (Å²) in [6.45, 7) is 0. The van der Waals surface area contributed by atoms with Crippen LogP contribution in [0.1, 0.15) is 0 Å². The van der Waals surface area contributed by atoms with Gasteiger partial charge in [0.25, 0.3) is 0 Å². The quantitative estimate of drug-likeness (QED) is 0.547. The maximum Gasteiger partial charge on any atom is 0.123 e. The van der Waals surface area contributed by atoms with Crippen LogP contribution in [0.4, 0.5) is 4.39 Å². The summed E-state index contributed by atoms with van der Waals surface area (Å²) in [5, 5.41) is 0.957. The fourth-order valence-electron chi connectivity index (χ4n) is 2.66. The third-order valence-corrected chi connectivity index (χ3v) is 3.72. The van der Waals surface area contributed by atoms with Crippen LogP contribution in [0.5, 0.6) is 0 Å². The van der Waals surface area contributed by atoms with E-state index in [-0.39, 0.29) is 5.82 Å². The predicted molar refractivity (Wildman–Crippen MR) is 88.2 cm³/mol. The van der Waals surface area contributed by atoms with Gasteiger partial charge in [-0.2, -0.15) is 0 Å². The van der Waals surface area contributed by atoms with Gasteiger partial charge in [0.2, 0.25) is 0 Å². The molecule has 4 aromatic rings. The van der Waals surface area contributed by atoms with Crippen LogP contribution in [0.25, 0.3) is 33.3 Å². The van der Waals surface area contributed by atoms with Gasteiger partial charge in [-0.05, 0) is 35.9 Å². The first-order chi connectivity index (χ1) is 11.3. The molecule has 0 unspecified atom stereocenters. The van der Waals surface area contributed by atoms with E-state index in [2.05, 4.69) is 15.0 Å². The number of halogens is 1. The molecule has 0 N–H and O–H groups in total. The molecule has 0 spiro atoms. The first-order valence-corrected chi connectivity index (χ1v) is 7.22. The smallest absolute Gasteiger partial charge is 0.123 e. The lowest BCUT2D eigenvalue weighted by molar-refractivity contribution is 0.628. The van der Waals surface area contributed by atoms with Crippen molar-refractivity contribution >= 4 is 10.9 Å². The highest BCUT2D eigenvalue weighted by Crippen LogP contribution is 2.31. The lowest BCUT2D eigenvalue weighted by atomic mass is 9.98. The molecule has 2 aromatic heterocycles. The lowest BCUT2D eigenvalue weighted by Gasteiger charge is -2.09. The summed E-state index contributed by atoms with van der Waals surface area (Å²) >= 11 is 0. The average Bonchev–Trinajstić information content (AvgIpc) is 2.61. The van der Waals surface area contributed by atoms with Crippen molar-refractivity contribution in [3.63, 3.8) is 0 Å². The molecule has 0 bridgehead atoms. The fourth-order valence-corrected chi connectivity index (χ4v) is 2.66. The normalized spacial score (nSPS) is 10.8. The highest BCUT2D eigenvalue weighted by atomic mass is 19.1. The summed E-state index contributed by atoms with van der Waals surface area (Å²) in [6.07, 6.45) is 5.03. The molecule has 0 saturated carbocycles. The zero-order valence-corrected chi connectivity index (χ0v) is 12.1. The second kappa shape index (κ2) is 5.57. The van der Waals surface area contributed by atoms with Crippen LogP contribution in [-0.4, -0.2) is 15.0 Å². The van der Waals surface area contributed by atoms with E-state index in [0.717, 1.165) is 33.3 Å². The number of hydrogen-bond acceptors (Lipinski definition) is 3. The van der Waals surface area contributed by atoms with Crippen molar-refractivity contribution in [3.8, 4) is 22.4 Å². The van der Waals surface area contributed by atoms with Crippen LogP contribution in [0, 0.1) is 5.82 Å². The van der Waals surface area contributed by atoms with E-state index in [1.165, 1.54) is 18.5 Å². The second-order valence-electron chi connectivity index (χ2n) is 5.21. The molecule has 23 heavy (non-hydrogen) atoms. The molecule has 0 aliphatic heterocycles. The van der Waals surface area contributed by atoms with E-state index < -0.39 is 0 Å². The summed E-state index contributed by atoms with van der Waals surface area (Å²) in [4.78, 5) is 12.7. The molecule has 2 aromatic carbocycles. The van der Waals surface area contributed by atoms with Crippen molar-refractivity contribution in [2.45, 2.75) is 0 Å². The van der Waals surface area contributed by atoms with Gasteiger partial charge in [0.1, 0.15) is 12.1 Å². The number of aromatic nitrogens is 3. The Morgan fingerprint density at radius 3 is 2.70 bits per heavy atom. The molecule has 3 nitrogen and oxygen atoms in total. The Kier molecular flexibility index (Phi) is 3.27. The van der Waals surface area contributed by atoms with Crippen molar-refractivity contribution in [3.05, 3.63) is 79.1 Å². The predicted octanol–water partition coefficient (Wildman–Crippen LogP) is 4.50. The molecule has 0 atom stereocenters. The Hall–Kier alpha value is -3.14. The molecule has 4 heteroatoms. The van der Waals surface area contributed by atoms with Crippen molar-refractivity contribution in [1.29, 1.82) is 0 Å². The summed E-state index contributed by atoms with van der Waals surface area (Å²) in [6, 6.07) is 16.3. The Morgan fingerprint density at radius 2 is 1.78 bits per heavy atom. The van der Waals surface area contributed by atoms with E-state index >= 15 is 0 Å². The van der Waals surface area contributed by atoms with Gasteiger partial charge < -0.3 is 0 Å². The lowest BCUT2D eigenvalue weighted by Crippen LogP contribution is -1.90. The Morgan fingerprint density at radius 1 is 0.826 bits per heavy atom. The third kappa shape index (κ3) is 2.55. The number of rotatable bonds is 2. The van der Waals surface area contributed by atoms with Gasteiger partial charge in [-0.25, -0.2) is 14.4 Å². The van der Waals surface area contributed by atoms with Crippen LogP contribution in [0.2, 0.25) is 0 Å². The Labute approximate surface area is 132 Å². The molecule has 4 rings (SSSR count). The minimum atomic E-state index is -0.272. The van der Waals surface area contributed by atoms with Crippen molar-refractivity contribution < 1.29 is 4.39 Å². The summed E-state index contributed by atoms with van der Waals surface area (Å²) in [5.74, 6) is -0.272. The Balaban J connectivity index is 1.91. The summed E-state index contributed by atoms with van der Waals surface area (Å²) in [7, 11) is 0. The SMILES string of the molecule is Fc1cccc(-c2ncccc2-c2ccc3ncncc3c2)c1. The maximum atomic E-state index is 13.6. The van der Waals surface area contributed by atoms with Crippen LogP contribution in [0.3, 0.4) is 0 Å². The molecular weight excluding hydrogens is 289 g/mol. The monoisotopic (exact) mass is 301 g/mol. The van der Waals surface area contributed by atoms with Crippen molar-refractivity contribution in [2.75, 3.05) is 0 Å². The van der Waals surface area contributed by atoms with Gasteiger partial charge in [-0.3, -0.25) is 4.98 Å². The standard InChI is InChI=1S/C19H12FN3/c20-16-4-1-3-14(10-16)19-17(5-2-8-22-19)13-6-7-18-15(9-13)11-21-12-23-18/h1-12H. The van der Waals surface area contributed by atoms with Crippen LogP contribution < -0.4 is 0 Å². The highest BCUT2D eigenvalue weighted by Gasteiger charge is 2.10. The van der Waals surface area contributed by atoms with E-state index in [9.17, 15) is 4.39 Å². The van der Waals surface area contributed by atoms with Gasteiger partial charge in [0.15, 0.2) is 0 Å². The third-order valence-electron chi connectivity index (χ3n) is 3.72. The molecule has 0 fully saturated rings. The topological polar surface area (TPSA) is 38.7 Å². The van der Waals surface area contributed by atoms with Crippen LogP contribution in [-0.2, 0) is 0 Å². The second-order valence-corrected chi connectivity index (χ2v) is 5.21. The minimum Gasteiger partial charge on any atom is -0.256 e. The minimum absolute atomic E-state index is 0.272. The molecule has 0 saturated heterocycles. The van der Waals surface area contributed by atoms with E-state index in [4.69, 9.17) is 0 Å². The Bertz CT molecular complexity index is 998. The fraction of sp³-hybridized carbons (Fsp3) is 0. The molecular formula is C19H12FN3. The van der Waals surface area contributed by atoms with Crippen molar-refractivity contribution in [1.82, 2.24) is 15.0 Å². The molecule has 0 amide bonds. The van der Waals surface area contributed by atoms with Crippen LogP contribution in [0.15, 0.2) is 73.3 Å². The van der Waals surface area contributed by atoms with E-state index in [1.807, 2.05) is 36.4 Å². The van der Waals surface area contributed by atoms with Gasteiger partial charge >= 0.3 is 0 Å². The highest BCUT2D eigenvalue weighted by molar-refractivity contribution is 5.88. The zero-order chi connectivity index (χ0) is 15.6. The summed E-state index contributed by atoms with van der Waals surface area (Å²) in [5.41, 5.74) is 4.34. The molecule has 110 valence electrons.